The fraction of sp³-hybridized carbons (Fsp3) is 0.348. The molecule has 0 aliphatic heterocycles. The number of aromatic nitrogens is 1. The first-order chi connectivity index (χ1) is 14.9. The summed E-state index contributed by atoms with van der Waals surface area (Å²) in [6, 6.07) is 5.87. The first-order valence-corrected chi connectivity index (χ1v) is 10.2. The lowest BCUT2D eigenvalue weighted by atomic mass is 9.69. The minimum absolute atomic E-state index is 0.0224. The number of phenols is 1. The number of benzene rings is 2. The molecule has 1 heterocycles. The third-order valence-corrected chi connectivity index (χ3v) is 6.18. The number of hydrogen-bond acceptors (Lipinski definition) is 4. The molecule has 9 heteroatoms. The third kappa shape index (κ3) is 3.50. The maximum atomic E-state index is 14.3. The van der Waals surface area contributed by atoms with Crippen molar-refractivity contribution >= 4 is 16.6 Å². The van der Waals surface area contributed by atoms with Gasteiger partial charge in [0.1, 0.15) is 11.6 Å². The van der Waals surface area contributed by atoms with Crippen LogP contribution in [0.25, 0.3) is 10.9 Å². The molecular formula is C23H22F4N2O3. The van der Waals surface area contributed by atoms with Crippen LogP contribution < -0.4 is 10.9 Å². The second-order valence-corrected chi connectivity index (χ2v) is 8.33. The maximum absolute atomic E-state index is 14.3. The predicted molar refractivity (Wildman–Crippen MR) is 112 cm³/mol. The van der Waals surface area contributed by atoms with Gasteiger partial charge in [-0.2, -0.15) is 13.2 Å². The minimum atomic E-state index is -5.01. The molecule has 1 aliphatic rings. The van der Waals surface area contributed by atoms with Gasteiger partial charge >= 0.3 is 6.18 Å². The number of halogens is 4. The van der Waals surface area contributed by atoms with Gasteiger partial charge in [0.05, 0.1) is 11.6 Å². The number of anilines is 1. The van der Waals surface area contributed by atoms with Gasteiger partial charge in [-0.25, -0.2) is 4.39 Å². The molecule has 0 saturated carbocycles. The van der Waals surface area contributed by atoms with E-state index in [1.807, 2.05) is 0 Å². The van der Waals surface area contributed by atoms with Gasteiger partial charge in [-0.1, -0.05) is 13.0 Å². The van der Waals surface area contributed by atoms with Gasteiger partial charge in [0.15, 0.2) is 5.60 Å². The van der Waals surface area contributed by atoms with Crippen LogP contribution in [0.5, 0.6) is 5.75 Å². The van der Waals surface area contributed by atoms with Gasteiger partial charge in [0.2, 0.25) is 5.56 Å². The summed E-state index contributed by atoms with van der Waals surface area (Å²) < 4.78 is 57.0. The van der Waals surface area contributed by atoms with Crippen LogP contribution in [0.15, 0.2) is 41.2 Å². The number of hydrogen-bond donors (Lipinski definition) is 4. The lowest BCUT2D eigenvalue weighted by Crippen LogP contribution is -2.55. The van der Waals surface area contributed by atoms with Gasteiger partial charge in [-0.05, 0) is 61.1 Å². The smallest absolute Gasteiger partial charge is 0.419 e. The molecule has 4 rings (SSSR count). The molecule has 1 aromatic heterocycles. The number of pyridine rings is 1. The van der Waals surface area contributed by atoms with E-state index < -0.39 is 41.5 Å². The molecule has 1 unspecified atom stereocenters. The van der Waals surface area contributed by atoms with E-state index in [0.29, 0.717) is 11.1 Å². The highest BCUT2D eigenvalue weighted by Crippen LogP contribution is 2.55. The van der Waals surface area contributed by atoms with Crippen molar-refractivity contribution in [2.24, 2.45) is 0 Å². The van der Waals surface area contributed by atoms with E-state index in [4.69, 9.17) is 0 Å². The van der Waals surface area contributed by atoms with Gasteiger partial charge in [-0.3, -0.25) is 4.79 Å². The van der Waals surface area contributed by atoms with Crippen molar-refractivity contribution in [3.63, 3.8) is 0 Å². The van der Waals surface area contributed by atoms with Crippen molar-refractivity contribution in [3.05, 3.63) is 69.3 Å². The molecule has 32 heavy (non-hydrogen) atoms. The highest BCUT2D eigenvalue weighted by Gasteiger charge is 2.62. The Hall–Kier alpha value is -3.07. The molecule has 1 aliphatic carbocycles. The van der Waals surface area contributed by atoms with Crippen LogP contribution in [-0.4, -0.2) is 27.0 Å². The van der Waals surface area contributed by atoms with Crippen molar-refractivity contribution in [1.82, 2.24) is 4.98 Å². The molecule has 0 spiro atoms. The fourth-order valence-electron chi connectivity index (χ4n) is 4.68. The average Bonchev–Trinajstić information content (AvgIpc) is 2.68. The molecule has 0 radical (unpaired) electrons. The van der Waals surface area contributed by atoms with E-state index in [1.165, 1.54) is 24.3 Å². The zero-order valence-corrected chi connectivity index (χ0v) is 17.3. The molecule has 170 valence electrons. The predicted octanol–water partition coefficient (Wildman–Crippen LogP) is 5.03. The van der Waals surface area contributed by atoms with Gasteiger partial charge in [0, 0.05) is 22.7 Å². The molecule has 0 amide bonds. The third-order valence-electron chi connectivity index (χ3n) is 6.18. The van der Waals surface area contributed by atoms with E-state index in [1.54, 1.807) is 13.8 Å². The first-order valence-electron chi connectivity index (χ1n) is 10.2. The summed E-state index contributed by atoms with van der Waals surface area (Å²) in [5.74, 6) is -1.64. The summed E-state index contributed by atoms with van der Waals surface area (Å²) in [5.41, 5.74) is -2.64. The van der Waals surface area contributed by atoms with E-state index in [9.17, 15) is 32.6 Å². The normalized spacial score (nSPS) is 23.2. The minimum Gasteiger partial charge on any atom is -0.508 e. The summed E-state index contributed by atoms with van der Waals surface area (Å²) in [6.45, 7) is 3.32. The van der Waals surface area contributed by atoms with Crippen LogP contribution in [0, 0.1) is 12.7 Å². The number of nitrogens with one attached hydrogen (secondary N) is 2. The van der Waals surface area contributed by atoms with Gasteiger partial charge in [0.25, 0.3) is 0 Å². The van der Waals surface area contributed by atoms with E-state index in [0.717, 1.165) is 12.1 Å². The lowest BCUT2D eigenvalue weighted by molar-refractivity contribution is -0.272. The van der Waals surface area contributed by atoms with Crippen molar-refractivity contribution in [2.45, 2.75) is 50.4 Å². The Morgan fingerprint density at radius 3 is 2.59 bits per heavy atom. The molecule has 2 aromatic carbocycles. The highest BCUT2D eigenvalue weighted by atomic mass is 19.4. The first kappa shape index (κ1) is 22.1. The Bertz CT molecular complexity index is 1250. The van der Waals surface area contributed by atoms with E-state index >= 15 is 0 Å². The second kappa shape index (κ2) is 7.51. The summed E-state index contributed by atoms with van der Waals surface area (Å²) in [5, 5.41) is 24.6. The standard InChI is InChI=1S/C23H22F4N2O3/c1-3-12-10-22(32,23(25,26)27)21(15-6-11(2)7-18(30)20(12)15)29-17-9-13(24)8-16-14(17)4-5-19(31)28-16/h4-9,12,21,29-30,32H,3,10H2,1-2H3,(H,28,31)/t12-,21+,22?/m1/s1. The maximum Gasteiger partial charge on any atom is 0.419 e. The van der Waals surface area contributed by atoms with Gasteiger partial charge in [-0.15, -0.1) is 0 Å². The monoisotopic (exact) mass is 450 g/mol. The molecule has 0 fully saturated rings. The molecule has 0 saturated heterocycles. The number of rotatable bonds is 3. The zero-order chi connectivity index (χ0) is 23.4. The molecule has 3 atom stereocenters. The van der Waals surface area contributed by atoms with Crippen LogP contribution in [-0.2, 0) is 0 Å². The number of aryl methyl sites for hydroxylation is 1. The molecule has 4 N–H and O–H groups in total. The molecule has 0 bridgehead atoms. The Morgan fingerprint density at radius 1 is 1.22 bits per heavy atom. The summed E-state index contributed by atoms with van der Waals surface area (Å²) in [4.78, 5) is 14.1. The van der Waals surface area contributed by atoms with Crippen molar-refractivity contribution < 1.29 is 27.8 Å². The summed E-state index contributed by atoms with van der Waals surface area (Å²) in [7, 11) is 0. The number of aliphatic hydroxyl groups is 1. The zero-order valence-electron chi connectivity index (χ0n) is 17.3. The van der Waals surface area contributed by atoms with Gasteiger partial charge < -0.3 is 20.5 Å². The Morgan fingerprint density at radius 2 is 1.94 bits per heavy atom. The Balaban J connectivity index is 1.97. The van der Waals surface area contributed by atoms with Crippen LogP contribution in [0.4, 0.5) is 23.2 Å². The molecule has 3 aromatic rings. The topological polar surface area (TPSA) is 85.4 Å². The summed E-state index contributed by atoms with van der Waals surface area (Å²) >= 11 is 0. The number of fused-ring (bicyclic) bond motifs is 2. The number of aromatic hydroxyl groups is 1. The fourth-order valence-corrected chi connectivity index (χ4v) is 4.68. The Kier molecular flexibility index (Phi) is 5.20. The highest BCUT2D eigenvalue weighted by molar-refractivity contribution is 5.91. The van der Waals surface area contributed by atoms with Crippen LogP contribution >= 0.6 is 0 Å². The van der Waals surface area contributed by atoms with E-state index in [2.05, 4.69) is 10.3 Å². The number of alkyl halides is 3. The lowest BCUT2D eigenvalue weighted by Gasteiger charge is -2.46. The Labute approximate surface area is 180 Å². The number of phenolic OH excluding ortho intramolecular Hbond substituents is 1. The second-order valence-electron chi connectivity index (χ2n) is 8.33. The SMILES string of the molecule is CC[C@@H]1CC(O)(C(F)(F)F)[C@@H](Nc2cc(F)cc3[nH]c(=O)ccc23)c2cc(C)cc(O)c21. The molecule has 5 nitrogen and oxygen atoms in total. The molecular weight excluding hydrogens is 428 g/mol. The average molecular weight is 450 g/mol. The van der Waals surface area contributed by atoms with Crippen LogP contribution in [0.3, 0.4) is 0 Å². The van der Waals surface area contributed by atoms with Crippen molar-refractivity contribution in [3.8, 4) is 5.75 Å². The quantitative estimate of drug-likeness (QED) is 0.422. The number of aromatic amines is 1. The van der Waals surface area contributed by atoms with Crippen LogP contribution in [0.2, 0.25) is 0 Å². The van der Waals surface area contributed by atoms with E-state index in [-0.39, 0.29) is 34.3 Å². The van der Waals surface area contributed by atoms with Crippen molar-refractivity contribution in [2.75, 3.05) is 5.32 Å². The summed E-state index contributed by atoms with van der Waals surface area (Å²) in [6.07, 6.45) is -5.40. The number of H-pyrrole nitrogens is 1. The largest absolute Gasteiger partial charge is 0.508 e. The van der Waals surface area contributed by atoms with Crippen molar-refractivity contribution in [1.29, 1.82) is 0 Å². The van der Waals surface area contributed by atoms with Crippen LogP contribution in [0.1, 0.15) is 48.4 Å².